The summed E-state index contributed by atoms with van der Waals surface area (Å²) in [6.45, 7) is 8.12. The SMILES string of the molecule is C=Cn1c2c(c3cc(C)ccc31)CNCC2. The van der Waals surface area contributed by atoms with Crippen LogP contribution in [-0.2, 0) is 13.0 Å². The van der Waals surface area contributed by atoms with Gasteiger partial charge in [0.1, 0.15) is 0 Å². The lowest BCUT2D eigenvalue weighted by Gasteiger charge is -2.14. The molecule has 2 heterocycles. The van der Waals surface area contributed by atoms with Crippen molar-refractivity contribution in [2.24, 2.45) is 0 Å². The number of hydrogen-bond donors (Lipinski definition) is 1. The van der Waals surface area contributed by atoms with Crippen LogP contribution in [-0.4, -0.2) is 11.1 Å². The fourth-order valence-electron chi connectivity index (χ4n) is 2.65. The third-order valence-electron chi connectivity index (χ3n) is 3.40. The van der Waals surface area contributed by atoms with E-state index in [4.69, 9.17) is 0 Å². The summed E-state index contributed by atoms with van der Waals surface area (Å²) in [5.74, 6) is 0. The van der Waals surface area contributed by atoms with Gasteiger partial charge in [-0.15, -0.1) is 0 Å². The molecule has 2 nitrogen and oxygen atoms in total. The molecule has 82 valence electrons. The highest BCUT2D eigenvalue weighted by molar-refractivity contribution is 5.88. The van der Waals surface area contributed by atoms with E-state index in [-0.39, 0.29) is 0 Å². The van der Waals surface area contributed by atoms with Crippen molar-refractivity contribution in [1.29, 1.82) is 0 Å². The molecule has 0 saturated heterocycles. The predicted octanol–water partition coefficient (Wildman–Crippen LogP) is 2.70. The third kappa shape index (κ3) is 1.23. The first-order valence-electron chi connectivity index (χ1n) is 5.77. The summed E-state index contributed by atoms with van der Waals surface area (Å²) in [7, 11) is 0. The van der Waals surface area contributed by atoms with Crippen LogP contribution in [0.3, 0.4) is 0 Å². The predicted molar refractivity (Wildman–Crippen MR) is 68.5 cm³/mol. The summed E-state index contributed by atoms with van der Waals surface area (Å²) < 4.78 is 2.24. The van der Waals surface area contributed by atoms with Crippen LogP contribution in [0.15, 0.2) is 24.8 Å². The molecule has 2 heteroatoms. The Morgan fingerprint density at radius 3 is 3.12 bits per heavy atom. The Balaban J connectivity index is 2.41. The topological polar surface area (TPSA) is 17.0 Å². The normalized spacial score (nSPS) is 15.1. The Bertz CT molecular complexity index is 564. The van der Waals surface area contributed by atoms with E-state index in [9.17, 15) is 0 Å². The van der Waals surface area contributed by atoms with Crippen LogP contribution >= 0.6 is 0 Å². The zero-order valence-corrected chi connectivity index (χ0v) is 9.59. The number of aromatic nitrogens is 1. The molecule has 0 spiro atoms. The number of fused-ring (bicyclic) bond motifs is 3. The molecule has 1 aromatic carbocycles. The monoisotopic (exact) mass is 212 g/mol. The van der Waals surface area contributed by atoms with Crippen LogP contribution in [0, 0.1) is 6.92 Å². The Labute approximate surface area is 95.6 Å². The number of nitrogens with zero attached hydrogens (tertiary/aromatic N) is 1. The number of benzene rings is 1. The van der Waals surface area contributed by atoms with Gasteiger partial charge in [-0.1, -0.05) is 18.2 Å². The second kappa shape index (κ2) is 3.49. The lowest BCUT2D eigenvalue weighted by Crippen LogP contribution is -2.23. The molecule has 16 heavy (non-hydrogen) atoms. The summed E-state index contributed by atoms with van der Waals surface area (Å²) in [5.41, 5.74) is 5.48. The molecule has 1 aliphatic heterocycles. The molecule has 1 aliphatic rings. The van der Waals surface area contributed by atoms with Crippen LogP contribution < -0.4 is 5.32 Å². The van der Waals surface area contributed by atoms with Crippen molar-refractivity contribution in [3.8, 4) is 0 Å². The van der Waals surface area contributed by atoms with E-state index in [0.29, 0.717) is 0 Å². The van der Waals surface area contributed by atoms with Gasteiger partial charge in [0, 0.05) is 36.8 Å². The smallest absolute Gasteiger partial charge is 0.0528 e. The molecule has 0 unspecified atom stereocenters. The van der Waals surface area contributed by atoms with Gasteiger partial charge in [-0.25, -0.2) is 0 Å². The van der Waals surface area contributed by atoms with Crippen LogP contribution in [0.4, 0.5) is 0 Å². The Hall–Kier alpha value is -1.54. The van der Waals surface area contributed by atoms with E-state index in [2.05, 4.69) is 41.6 Å². The molecule has 0 saturated carbocycles. The minimum Gasteiger partial charge on any atom is -0.320 e. The second-order valence-corrected chi connectivity index (χ2v) is 4.43. The molecule has 3 rings (SSSR count). The minimum atomic E-state index is 0.982. The molecule has 2 aromatic rings. The van der Waals surface area contributed by atoms with Gasteiger partial charge in [0.15, 0.2) is 0 Å². The molecular weight excluding hydrogens is 196 g/mol. The highest BCUT2D eigenvalue weighted by Crippen LogP contribution is 2.29. The van der Waals surface area contributed by atoms with Crippen LogP contribution in [0.1, 0.15) is 16.8 Å². The lowest BCUT2D eigenvalue weighted by molar-refractivity contribution is 0.634. The quantitative estimate of drug-likeness (QED) is 0.769. The van der Waals surface area contributed by atoms with Gasteiger partial charge in [0.05, 0.1) is 5.52 Å². The van der Waals surface area contributed by atoms with Gasteiger partial charge in [0.25, 0.3) is 0 Å². The molecule has 1 N–H and O–H groups in total. The summed E-state index contributed by atoms with van der Waals surface area (Å²) in [4.78, 5) is 0. The molecule has 0 aliphatic carbocycles. The van der Waals surface area contributed by atoms with Crippen molar-refractivity contribution in [1.82, 2.24) is 9.88 Å². The van der Waals surface area contributed by atoms with Gasteiger partial charge in [0.2, 0.25) is 0 Å². The first kappa shape index (κ1) is 9.67. The maximum absolute atomic E-state index is 3.93. The summed E-state index contributed by atoms with van der Waals surface area (Å²) in [5, 5.41) is 4.82. The Kier molecular flexibility index (Phi) is 2.11. The van der Waals surface area contributed by atoms with Crippen LogP contribution in [0.5, 0.6) is 0 Å². The number of aryl methyl sites for hydroxylation is 1. The number of rotatable bonds is 1. The highest BCUT2D eigenvalue weighted by atomic mass is 15.0. The molecule has 0 atom stereocenters. The van der Waals surface area contributed by atoms with Gasteiger partial charge in [-0.05, 0) is 24.6 Å². The molecular formula is C14H16N2. The van der Waals surface area contributed by atoms with E-state index in [1.807, 2.05) is 6.20 Å². The van der Waals surface area contributed by atoms with Crippen molar-refractivity contribution in [2.45, 2.75) is 19.9 Å². The van der Waals surface area contributed by atoms with E-state index in [1.165, 1.54) is 27.7 Å². The average Bonchev–Trinajstić information content (AvgIpc) is 2.62. The van der Waals surface area contributed by atoms with Gasteiger partial charge in [-0.2, -0.15) is 0 Å². The summed E-state index contributed by atoms with van der Waals surface area (Å²) in [6, 6.07) is 6.65. The standard InChI is InChI=1S/C14H16N2/c1-3-16-13-5-4-10(2)8-11(13)12-9-15-7-6-14(12)16/h3-5,8,15H,1,6-7,9H2,2H3. The van der Waals surface area contributed by atoms with Crippen molar-refractivity contribution < 1.29 is 0 Å². The fraction of sp³-hybridized carbons (Fsp3) is 0.286. The van der Waals surface area contributed by atoms with Crippen LogP contribution in [0.25, 0.3) is 17.1 Å². The first-order valence-corrected chi connectivity index (χ1v) is 5.77. The molecule has 0 radical (unpaired) electrons. The Morgan fingerprint density at radius 1 is 1.44 bits per heavy atom. The minimum absolute atomic E-state index is 0.982. The van der Waals surface area contributed by atoms with E-state index in [0.717, 1.165) is 19.5 Å². The summed E-state index contributed by atoms with van der Waals surface area (Å²) >= 11 is 0. The van der Waals surface area contributed by atoms with Crippen molar-refractivity contribution in [3.05, 3.63) is 41.6 Å². The van der Waals surface area contributed by atoms with E-state index >= 15 is 0 Å². The van der Waals surface area contributed by atoms with Gasteiger partial charge < -0.3 is 9.88 Å². The van der Waals surface area contributed by atoms with E-state index < -0.39 is 0 Å². The van der Waals surface area contributed by atoms with Crippen LogP contribution in [0.2, 0.25) is 0 Å². The van der Waals surface area contributed by atoms with Gasteiger partial charge >= 0.3 is 0 Å². The van der Waals surface area contributed by atoms with Crippen molar-refractivity contribution >= 4 is 17.1 Å². The second-order valence-electron chi connectivity index (χ2n) is 4.43. The van der Waals surface area contributed by atoms with Crippen molar-refractivity contribution in [2.75, 3.05) is 6.54 Å². The first-order chi connectivity index (χ1) is 7.81. The number of hydrogen-bond acceptors (Lipinski definition) is 1. The van der Waals surface area contributed by atoms with Crippen molar-refractivity contribution in [3.63, 3.8) is 0 Å². The average molecular weight is 212 g/mol. The maximum Gasteiger partial charge on any atom is 0.0528 e. The summed E-state index contributed by atoms with van der Waals surface area (Å²) in [6.07, 6.45) is 3.02. The Morgan fingerprint density at radius 2 is 2.31 bits per heavy atom. The fourth-order valence-corrected chi connectivity index (χ4v) is 2.65. The molecule has 0 fully saturated rings. The zero-order chi connectivity index (χ0) is 11.1. The number of nitrogens with one attached hydrogen (secondary N) is 1. The maximum atomic E-state index is 3.93. The largest absolute Gasteiger partial charge is 0.320 e. The molecule has 1 aromatic heterocycles. The van der Waals surface area contributed by atoms with Gasteiger partial charge in [-0.3, -0.25) is 0 Å². The molecule has 0 bridgehead atoms. The molecule has 0 amide bonds. The lowest BCUT2D eigenvalue weighted by atomic mass is 10.0. The third-order valence-corrected chi connectivity index (χ3v) is 3.40. The highest BCUT2D eigenvalue weighted by Gasteiger charge is 2.18. The zero-order valence-electron chi connectivity index (χ0n) is 9.59. The van der Waals surface area contributed by atoms with E-state index in [1.54, 1.807) is 0 Å².